The van der Waals surface area contributed by atoms with Gasteiger partial charge >= 0.3 is 0 Å². The van der Waals surface area contributed by atoms with Crippen LogP contribution >= 0.6 is 11.3 Å². The Morgan fingerprint density at radius 1 is 1.26 bits per heavy atom. The molecule has 10 heteroatoms. The summed E-state index contributed by atoms with van der Waals surface area (Å²) < 4.78 is 36.7. The molecule has 1 aliphatic heterocycles. The summed E-state index contributed by atoms with van der Waals surface area (Å²) in [4.78, 5) is 30.6. The van der Waals surface area contributed by atoms with Crippen LogP contribution in [0.15, 0.2) is 30.5 Å². The van der Waals surface area contributed by atoms with Crippen LogP contribution in [-0.4, -0.2) is 60.8 Å². The minimum atomic E-state index is -3.09. The highest BCUT2D eigenvalue weighted by Gasteiger charge is 2.29. The summed E-state index contributed by atoms with van der Waals surface area (Å²) in [5.74, 6) is -1.39. The Hall–Kier alpha value is -2.33. The molecule has 1 atom stereocenters. The SMILES string of the molecule is CC(NC(=O)c1cnc(-c2ccccc2F)s1)C(=O)N1CCS(=O)(=O)CC1. The van der Waals surface area contributed by atoms with Crippen LogP contribution in [0.3, 0.4) is 0 Å². The molecule has 1 saturated heterocycles. The fraction of sp³-hybridized carbons (Fsp3) is 0.353. The predicted octanol–water partition coefficient (Wildman–Crippen LogP) is 1.32. The minimum Gasteiger partial charge on any atom is -0.340 e. The van der Waals surface area contributed by atoms with E-state index in [1.165, 1.54) is 17.2 Å². The van der Waals surface area contributed by atoms with Crippen molar-refractivity contribution in [3.05, 3.63) is 41.2 Å². The fourth-order valence-corrected chi connectivity index (χ4v) is 4.72. The second-order valence-electron chi connectivity index (χ2n) is 6.18. The van der Waals surface area contributed by atoms with Crippen molar-refractivity contribution >= 4 is 33.0 Å². The van der Waals surface area contributed by atoms with E-state index in [0.29, 0.717) is 10.6 Å². The van der Waals surface area contributed by atoms with Crippen molar-refractivity contribution in [3.63, 3.8) is 0 Å². The van der Waals surface area contributed by atoms with Crippen LogP contribution < -0.4 is 5.32 Å². The van der Waals surface area contributed by atoms with Crippen LogP contribution in [-0.2, 0) is 14.6 Å². The molecule has 1 aromatic heterocycles. The number of aromatic nitrogens is 1. The molecule has 7 nitrogen and oxygen atoms in total. The lowest BCUT2D eigenvalue weighted by Crippen LogP contribution is -2.51. The van der Waals surface area contributed by atoms with Crippen molar-refractivity contribution in [1.82, 2.24) is 15.2 Å². The van der Waals surface area contributed by atoms with Gasteiger partial charge in [0.15, 0.2) is 9.84 Å². The lowest BCUT2D eigenvalue weighted by Gasteiger charge is -2.29. The number of carbonyl (C=O) groups excluding carboxylic acids is 2. The number of hydrogen-bond donors (Lipinski definition) is 1. The van der Waals surface area contributed by atoms with E-state index in [-0.39, 0.29) is 35.4 Å². The van der Waals surface area contributed by atoms with Crippen LogP contribution in [0, 0.1) is 5.82 Å². The average molecular weight is 411 g/mol. The van der Waals surface area contributed by atoms with Crippen LogP contribution in [0.1, 0.15) is 16.6 Å². The van der Waals surface area contributed by atoms with Crippen molar-refractivity contribution in [3.8, 4) is 10.6 Å². The van der Waals surface area contributed by atoms with E-state index in [9.17, 15) is 22.4 Å². The number of benzene rings is 1. The second-order valence-corrected chi connectivity index (χ2v) is 9.52. The Kier molecular flexibility index (Phi) is 5.56. The zero-order chi connectivity index (χ0) is 19.6. The molecular formula is C17H18FN3O4S2. The van der Waals surface area contributed by atoms with Gasteiger partial charge in [0.25, 0.3) is 5.91 Å². The highest BCUT2D eigenvalue weighted by molar-refractivity contribution is 7.91. The van der Waals surface area contributed by atoms with Crippen LogP contribution in [0.5, 0.6) is 0 Å². The molecule has 2 amide bonds. The van der Waals surface area contributed by atoms with Crippen molar-refractivity contribution < 1.29 is 22.4 Å². The van der Waals surface area contributed by atoms with Gasteiger partial charge in [0.1, 0.15) is 21.7 Å². The molecule has 3 rings (SSSR count). The fourth-order valence-electron chi connectivity index (χ4n) is 2.67. The highest BCUT2D eigenvalue weighted by Crippen LogP contribution is 2.27. The van der Waals surface area contributed by atoms with Gasteiger partial charge in [-0.1, -0.05) is 12.1 Å². The number of rotatable bonds is 4. The van der Waals surface area contributed by atoms with Crippen molar-refractivity contribution in [2.75, 3.05) is 24.6 Å². The van der Waals surface area contributed by atoms with E-state index in [0.717, 1.165) is 11.3 Å². The molecule has 0 spiro atoms. The van der Waals surface area contributed by atoms with Gasteiger partial charge in [-0.3, -0.25) is 9.59 Å². The van der Waals surface area contributed by atoms with E-state index >= 15 is 0 Å². The molecule has 2 aromatic rings. The molecular weight excluding hydrogens is 393 g/mol. The van der Waals surface area contributed by atoms with E-state index in [4.69, 9.17) is 0 Å². The number of sulfone groups is 1. The first kappa shape index (κ1) is 19.4. The quantitative estimate of drug-likeness (QED) is 0.819. The molecule has 0 bridgehead atoms. The molecule has 1 N–H and O–H groups in total. The van der Waals surface area contributed by atoms with Gasteiger partial charge in [0.2, 0.25) is 5.91 Å². The number of carbonyl (C=O) groups is 2. The molecule has 1 aromatic carbocycles. The number of thiazole rings is 1. The zero-order valence-electron chi connectivity index (χ0n) is 14.5. The third-order valence-electron chi connectivity index (χ3n) is 4.21. The van der Waals surface area contributed by atoms with Crippen LogP contribution in [0.25, 0.3) is 10.6 Å². The first-order chi connectivity index (χ1) is 12.8. The molecule has 1 unspecified atom stereocenters. The van der Waals surface area contributed by atoms with Crippen molar-refractivity contribution in [1.29, 1.82) is 0 Å². The Balaban J connectivity index is 1.64. The molecule has 0 aliphatic carbocycles. The lowest BCUT2D eigenvalue weighted by atomic mass is 10.2. The average Bonchev–Trinajstić information content (AvgIpc) is 3.11. The maximum absolute atomic E-state index is 13.8. The summed E-state index contributed by atoms with van der Waals surface area (Å²) in [5, 5.41) is 2.96. The van der Waals surface area contributed by atoms with Gasteiger partial charge in [-0.05, 0) is 19.1 Å². The van der Waals surface area contributed by atoms with Gasteiger partial charge in [-0.25, -0.2) is 17.8 Å². The Bertz CT molecular complexity index is 960. The summed E-state index contributed by atoms with van der Waals surface area (Å²) in [6.07, 6.45) is 1.34. The highest BCUT2D eigenvalue weighted by atomic mass is 32.2. The van der Waals surface area contributed by atoms with Gasteiger partial charge in [-0.2, -0.15) is 0 Å². The number of hydrogen-bond acceptors (Lipinski definition) is 6. The molecule has 1 fully saturated rings. The van der Waals surface area contributed by atoms with E-state index < -0.39 is 27.6 Å². The van der Waals surface area contributed by atoms with Crippen LogP contribution in [0.4, 0.5) is 4.39 Å². The molecule has 144 valence electrons. The van der Waals surface area contributed by atoms with Gasteiger partial charge in [0.05, 0.1) is 17.7 Å². The molecule has 2 heterocycles. The molecule has 0 radical (unpaired) electrons. The predicted molar refractivity (Wildman–Crippen MR) is 99.7 cm³/mol. The summed E-state index contributed by atoms with van der Waals surface area (Å²) in [5.41, 5.74) is 0.306. The number of nitrogens with one attached hydrogen (secondary N) is 1. The third kappa shape index (κ3) is 4.51. The lowest BCUT2D eigenvalue weighted by molar-refractivity contribution is -0.132. The zero-order valence-corrected chi connectivity index (χ0v) is 16.1. The number of halogens is 1. The van der Waals surface area contributed by atoms with Crippen molar-refractivity contribution in [2.45, 2.75) is 13.0 Å². The minimum absolute atomic E-state index is 0.0692. The Morgan fingerprint density at radius 3 is 2.59 bits per heavy atom. The van der Waals surface area contributed by atoms with E-state index in [1.807, 2.05) is 0 Å². The second kappa shape index (κ2) is 7.73. The van der Waals surface area contributed by atoms with Crippen molar-refractivity contribution in [2.24, 2.45) is 0 Å². The topological polar surface area (TPSA) is 96.4 Å². The normalized spacial score (nSPS) is 17.3. The Labute approximate surface area is 160 Å². The maximum Gasteiger partial charge on any atom is 0.263 e. The summed E-state index contributed by atoms with van der Waals surface area (Å²) in [6.45, 7) is 1.79. The van der Waals surface area contributed by atoms with E-state index in [2.05, 4.69) is 10.3 Å². The Morgan fingerprint density at radius 2 is 1.93 bits per heavy atom. The van der Waals surface area contributed by atoms with Crippen LogP contribution in [0.2, 0.25) is 0 Å². The first-order valence-corrected chi connectivity index (χ1v) is 10.9. The number of amides is 2. The first-order valence-electron chi connectivity index (χ1n) is 8.27. The molecule has 1 aliphatic rings. The summed E-state index contributed by atoms with van der Waals surface area (Å²) in [7, 11) is -3.09. The summed E-state index contributed by atoms with van der Waals surface area (Å²) >= 11 is 1.03. The largest absolute Gasteiger partial charge is 0.340 e. The molecule has 0 saturated carbocycles. The van der Waals surface area contributed by atoms with Gasteiger partial charge in [-0.15, -0.1) is 11.3 Å². The maximum atomic E-state index is 13.8. The monoisotopic (exact) mass is 411 g/mol. The van der Waals surface area contributed by atoms with Gasteiger partial charge in [0, 0.05) is 18.7 Å². The third-order valence-corrected chi connectivity index (χ3v) is 6.85. The summed E-state index contributed by atoms with van der Waals surface area (Å²) in [6, 6.07) is 5.33. The van der Waals surface area contributed by atoms with Gasteiger partial charge < -0.3 is 10.2 Å². The molecule has 27 heavy (non-hydrogen) atoms. The number of nitrogens with zero attached hydrogens (tertiary/aromatic N) is 2. The smallest absolute Gasteiger partial charge is 0.263 e. The van der Waals surface area contributed by atoms with E-state index in [1.54, 1.807) is 25.1 Å². The standard InChI is InChI=1S/C17H18FN3O4S2/c1-11(17(23)21-6-8-27(24,25)9-7-21)20-15(22)14-10-19-16(26-14)12-4-2-3-5-13(12)18/h2-5,10-11H,6-9H2,1H3,(H,20,22).